The molecule has 25 nitrogen and oxygen atoms in total. The third-order valence-corrected chi connectivity index (χ3v) is 14.8. The van der Waals surface area contributed by atoms with E-state index in [2.05, 4.69) is 48.3 Å². The van der Waals surface area contributed by atoms with Crippen LogP contribution < -0.4 is 16.4 Å². The van der Waals surface area contributed by atoms with Gasteiger partial charge in [0.25, 0.3) is 0 Å². The summed E-state index contributed by atoms with van der Waals surface area (Å²) in [6.07, 6.45) is 7.43. The number of anilines is 1. The summed E-state index contributed by atoms with van der Waals surface area (Å²) in [6.45, 7) is 4.87. The Kier molecular flexibility index (Phi) is 25.5. The van der Waals surface area contributed by atoms with E-state index in [1.54, 1.807) is 0 Å². The van der Waals surface area contributed by atoms with E-state index in [-0.39, 0.29) is 59.6 Å². The number of rotatable bonds is 35. The average Bonchev–Trinajstić information content (AvgIpc) is 3.81. The van der Waals surface area contributed by atoms with Gasteiger partial charge in [0.05, 0.1) is 26.0 Å². The number of aliphatic hydroxyl groups is 2. The van der Waals surface area contributed by atoms with Crippen LogP contribution in [0.25, 0.3) is 11.2 Å². The van der Waals surface area contributed by atoms with Crippen LogP contribution in [0, 0.1) is 11.3 Å². The SMILES string of the molecule is CC(C)CCCCCCCCCCCCCC(=O)CC(=O)SCCNC(=O)CCNC(=O)[C@@H](O)C(C)(C)COP(=O)(O)OP(=O)(O)OC[C@@H]1O[C@H](n2cnc3c(N)ncnc32)[C@@H](O)[C@H]1OP(=O)(O)O. The first-order chi connectivity index (χ1) is 32.3. The van der Waals surface area contributed by atoms with Gasteiger partial charge in [0.15, 0.2) is 22.8 Å². The number of ether oxygens (including phenoxy) is 1. The zero-order valence-corrected chi connectivity index (χ0v) is 43.0. The van der Waals surface area contributed by atoms with Crippen molar-refractivity contribution >= 4 is 74.9 Å². The molecule has 0 spiro atoms. The van der Waals surface area contributed by atoms with Crippen LogP contribution in [0.3, 0.4) is 0 Å². The molecule has 2 aromatic rings. The molecule has 3 rings (SSSR count). The van der Waals surface area contributed by atoms with E-state index >= 15 is 0 Å². The highest BCUT2D eigenvalue weighted by atomic mass is 32.2. The molecule has 69 heavy (non-hydrogen) atoms. The maximum Gasteiger partial charge on any atom is 0.481 e. The summed E-state index contributed by atoms with van der Waals surface area (Å²) in [5.74, 6) is -0.610. The number of fused-ring (bicyclic) bond motifs is 1. The Morgan fingerprint density at radius 1 is 0.870 bits per heavy atom. The van der Waals surface area contributed by atoms with Gasteiger partial charge in [-0.15, -0.1) is 0 Å². The molecule has 0 aliphatic carbocycles. The first kappa shape index (κ1) is 60.5. The molecular weight excluding hydrogens is 991 g/mol. The van der Waals surface area contributed by atoms with Crippen molar-refractivity contribution in [3.8, 4) is 0 Å². The lowest BCUT2D eigenvalue weighted by atomic mass is 9.87. The number of imidazole rings is 1. The van der Waals surface area contributed by atoms with Crippen molar-refractivity contribution in [1.29, 1.82) is 0 Å². The van der Waals surface area contributed by atoms with E-state index < -0.39 is 84.6 Å². The number of unbranched alkanes of at least 4 members (excludes halogenated alkanes) is 10. The normalized spacial score (nSPS) is 19.9. The minimum atomic E-state index is -5.59. The third kappa shape index (κ3) is 22.7. The number of Topliss-reactive ketones (excluding diaryl/α,β-unsaturated/α-hetero) is 1. The zero-order valence-electron chi connectivity index (χ0n) is 39.5. The average molecular weight is 1060 g/mol. The lowest BCUT2D eigenvalue weighted by molar-refractivity contribution is -0.137. The maximum atomic E-state index is 12.7. The van der Waals surface area contributed by atoms with Crippen molar-refractivity contribution in [2.24, 2.45) is 11.3 Å². The predicted octanol–water partition coefficient (Wildman–Crippen LogP) is 4.35. The Morgan fingerprint density at radius 2 is 1.48 bits per heavy atom. The van der Waals surface area contributed by atoms with Crippen molar-refractivity contribution in [2.45, 2.75) is 155 Å². The molecule has 1 saturated heterocycles. The Bertz CT molecular complexity index is 2110. The molecule has 1 aliphatic heterocycles. The highest BCUT2D eigenvalue weighted by Gasteiger charge is 2.50. The number of amides is 2. The molecule has 2 amide bonds. The fraction of sp³-hybridized carbons (Fsp3) is 0.775. The number of nitrogen functional groups attached to an aromatic ring is 1. The largest absolute Gasteiger partial charge is 0.481 e. The number of ketones is 1. The fourth-order valence-corrected chi connectivity index (χ4v) is 10.6. The fourth-order valence-electron chi connectivity index (χ4n) is 7.06. The molecule has 0 aromatic carbocycles. The summed E-state index contributed by atoms with van der Waals surface area (Å²) in [5.41, 5.74) is 4.25. The Labute approximate surface area is 405 Å². The molecule has 10 N–H and O–H groups in total. The third-order valence-electron chi connectivity index (χ3n) is 10.8. The standard InChI is InChI=1S/C40H70N7O18P3S/c1-27(2)16-14-12-10-8-6-5-7-9-11-13-15-17-28(48)22-31(50)69-21-20-42-30(49)18-19-43-38(53)35(52)40(3,4)24-62-68(59,60)65-67(57,58)61-23-29-34(64-66(54,55)56)33(51)39(63-29)47-26-46-32-36(41)44-25-45-37(32)47/h25-27,29,33-35,39,51-52H,5-24H2,1-4H3,(H,42,49)(H,43,53)(H,57,58)(H,59,60)(H2,41,44,45)(H2,54,55,56)/t29-,33-,34-,35+,39-/m0/s1. The highest BCUT2D eigenvalue weighted by Crippen LogP contribution is 2.61. The number of nitrogens with zero attached hydrogens (tertiary/aromatic N) is 4. The van der Waals surface area contributed by atoms with E-state index in [4.69, 9.17) is 19.5 Å². The molecule has 0 saturated carbocycles. The van der Waals surface area contributed by atoms with Crippen molar-refractivity contribution in [2.75, 3.05) is 37.8 Å². The number of hydrogen-bond donors (Lipinski definition) is 9. The first-order valence-electron chi connectivity index (χ1n) is 22.9. The lowest BCUT2D eigenvalue weighted by Crippen LogP contribution is -2.46. The van der Waals surface area contributed by atoms with E-state index in [0.717, 1.165) is 60.6 Å². The second-order valence-electron chi connectivity index (χ2n) is 17.8. The number of carbonyl (C=O) groups is 4. The van der Waals surface area contributed by atoms with Crippen molar-refractivity contribution in [1.82, 2.24) is 30.2 Å². The van der Waals surface area contributed by atoms with Gasteiger partial charge in [-0.2, -0.15) is 4.31 Å². The Balaban J connectivity index is 1.30. The van der Waals surface area contributed by atoms with Gasteiger partial charge in [0, 0.05) is 37.1 Å². The van der Waals surface area contributed by atoms with Crippen LogP contribution in [0.1, 0.15) is 130 Å². The number of aromatic nitrogens is 4. The van der Waals surface area contributed by atoms with E-state index in [0.29, 0.717) is 6.42 Å². The van der Waals surface area contributed by atoms with Gasteiger partial charge in [-0.05, 0) is 12.3 Å². The first-order valence-corrected chi connectivity index (χ1v) is 28.4. The van der Waals surface area contributed by atoms with Crippen LogP contribution in [-0.4, -0.2) is 128 Å². The van der Waals surface area contributed by atoms with Crippen LogP contribution in [0.4, 0.5) is 5.82 Å². The van der Waals surface area contributed by atoms with Crippen molar-refractivity contribution in [3.63, 3.8) is 0 Å². The molecule has 2 aromatic heterocycles. The van der Waals surface area contributed by atoms with Gasteiger partial charge in [-0.25, -0.2) is 28.6 Å². The number of phosphoric acid groups is 3. The predicted molar refractivity (Wildman–Crippen MR) is 252 cm³/mol. The molecule has 2 unspecified atom stereocenters. The number of nitrogens with one attached hydrogen (secondary N) is 2. The number of aliphatic hydroxyl groups excluding tert-OH is 2. The molecule has 29 heteroatoms. The lowest BCUT2D eigenvalue weighted by Gasteiger charge is -2.30. The van der Waals surface area contributed by atoms with E-state index in [1.807, 2.05) is 0 Å². The second kappa shape index (κ2) is 29.1. The number of nitrogens with two attached hydrogens (primary N) is 1. The van der Waals surface area contributed by atoms with Crippen LogP contribution in [0.15, 0.2) is 12.7 Å². The monoisotopic (exact) mass is 1060 g/mol. The molecule has 3 heterocycles. The van der Waals surface area contributed by atoms with Crippen molar-refractivity contribution < 1.29 is 85.3 Å². The quantitative estimate of drug-likeness (QED) is 0.0263. The number of carbonyl (C=O) groups excluding carboxylic acids is 4. The molecule has 7 atom stereocenters. The zero-order chi connectivity index (χ0) is 51.4. The minimum absolute atomic E-state index is 0.0263. The molecule has 1 fully saturated rings. The van der Waals surface area contributed by atoms with Crippen LogP contribution in [-0.2, 0) is 55.5 Å². The summed E-state index contributed by atoms with van der Waals surface area (Å²) in [4.78, 5) is 101. The van der Waals surface area contributed by atoms with E-state index in [9.17, 15) is 62.7 Å². The van der Waals surface area contributed by atoms with Crippen molar-refractivity contribution in [3.05, 3.63) is 12.7 Å². The summed E-state index contributed by atoms with van der Waals surface area (Å²) in [5, 5.41) is 26.2. The molecular formula is C40H70N7O18P3S. The number of hydrogen-bond acceptors (Lipinski definition) is 19. The van der Waals surface area contributed by atoms with Crippen LogP contribution >= 0.6 is 35.2 Å². The second-order valence-corrected chi connectivity index (χ2v) is 23.2. The molecule has 0 bridgehead atoms. The summed E-state index contributed by atoms with van der Waals surface area (Å²) >= 11 is 0.940. The highest BCUT2D eigenvalue weighted by molar-refractivity contribution is 8.13. The molecule has 1 aliphatic rings. The van der Waals surface area contributed by atoms with Gasteiger partial charge in [-0.3, -0.25) is 37.3 Å². The summed E-state index contributed by atoms with van der Waals surface area (Å²) in [6, 6.07) is 0. The smallest absolute Gasteiger partial charge is 0.386 e. The van der Waals surface area contributed by atoms with E-state index in [1.165, 1.54) is 65.2 Å². The van der Waals surface area contributed by atoms with Gasteiger partial charge >= 0.3 is 23.5 Å². The molecule has 394 valence electrons. The summed E-state index contributed by atoms with van der Waals surface area (Å²) in [7, 11) is -16.4. The minimum Gasteiger partial charge on any atom is -0.386 e. The van der Waals surface area contributed by atoms with Gasteiger partial charge in [0.1, 0.15) is 42.0 Å². The maximum absolute atomic E-state index is 12.7. The summed E-state index contributed by atoms with van der Waals surface area (Å²) < 4.78 is 62.4. The van der Waals surface area contributed by atoms with Crippen LogP contribution in [0.2, 0.25) is 0 Å². The number of thioether (sulfide) groups is 1. The Morgan fingerprint density at radius 3 is 2.10 bits per heavy atom. The van der Waals surface area contributed by atoms with Gasteiger partial charge in [-0.1, -0.05) is 110 Å². The van der Waals surface area contributed by atoms with Gasteiger partial charge in [0.2, 0.25) is 11.8 Å². The van der Waals surface area contributed by atoms with Gasteiger partial charge < -0.3 is 50.9 Å². The Hall–Kier alpha value is -2.77. The number of phosphoric ester groups is 3. The topological polar surface area (TPSA) is 381 Å². The molecule has 0 radical (unpaired) electrons. The van der Waals surface area contributed by atoms with Crippen LogP contribution in [0.5, 0.6) is 0 Å².